The van der Waals surface area contributed by atoms with Crippen molar-refractivity contribution in [3.8, 4) is 6.07 Å². The summed E-state index contributed by atoms with van der Waals surface area (Å²) in [5.41, 5.74) is 5.78. The summed E-state index contributed by atoms with van der Waals surface area (Å²) in [4.78, 5) is 17.9. The second-order valence-corrected chi connectivity index (χ2v) is 4.93. The molecule has 0 aromatic carbocycles. The van der Waals surface area contributed by atoms with Gasteiger partial charge < -0.3 is 15.4 Å². The van der Waals surface area contributed by atoms with Gasteiger partial charge >= 0.3 is 0 Å². The Bertz CT molecular complexity index is 474. The van der Waals surface area contributed by atoms with Crippen LogP contribution >= 0.6 is 11.3 Å². The summed E-state index contributed by atoms with van der Waals surface area (Å²) in [6, 6.07) is 2.12. The monoisotopic (exact) mass is 266 g/mol. The fraction of sp³-hybridized carbons (Fsp3) is 0.545. The second-order valence-electron chi connectivity index (χ2n) is 3.95. The van der Waals surface area contributed by atoms with E-state index >= 15 is 0 Å². The Balaban J connectivity index is 2.12. The first-order valence-electron chi connectivity index (χ1n) is 5.71. The number of hydrogen-bond donors (Lipinski definition) is 1. The van der Waals surface area contributed by atoms with Gasteiger partial charge in [-0.2, -0.15) is 5.26 Å². The van der Waals surface area contributed by atoms with Gasteiger partial charge in [0, 0.05) is 25.9 Å². The molecular formula is C11H14N4O2S. The fourth-order valence-electron chi connectivity index (χ4n) is 1.73. The van der Waals surface area contributed by atoms with Gasteiger partial charge in [0.15, 0.2) is 5.13 Å². The number of nitriles is 1. The summed E-state index contributed by atoms with van der Waals surface area (Å²) in [6.45, 7) is 2.93. The van der Waals surface area contributed by atoms with Gasteiger partial charge in [0.1, 0.15) is 10.9 Å². The molecule has 1 aliphatic rings. The maximum absolute atomic E-state index is 10.8. The molecule has 0 spiro atoms. The number of primary amides is 1. The van der Waals surface area contributed by atoms with E-state index in [0.717, 1.165) is 18.2 Å². The van der Waals surface area contributed by atoms with Gasteiger partial charge in [-0.05, 0) is 0 Å². The van der Waals surface area contributed by atoms with Crippen LogP contribution < -0.4 is 10.6 Å². The molecule has 1 amide bonds. The van der Waals surface area contributed by atoms with E-state index in [1.165, 1.54) is 11.3 Å². The minimum Gasteiger partial charge on any atom is -0.378 e. The van der Waals surface area contributed by atoms with E-state index < -0.39 is 0 Å². The number of carbonyl (C=O) groups excluding carboxylic acids is 1. The van der Waals surface area contributed by atoms with Gasteiger partial charge in [0.25, 0.3) is 0 Å². The highest BCUT2D eigenvalue weighted by molar-refractivity contribution is 7.16. The van der Waals surface area contributed by atoms with Crippen molar-refractivity contribution in [2.75, 3.05) is 31.2 Å². The third-order valence-corrected chi connectivity index (χ3v) is 3.74. The highest BCUT2D eigenvalue weighted by Crippen LogP contribution is 2.27. The Morgan fingerprint density at radius 3 is 2.89 bits per heavy atom. The van der Waals surface area contributed by atoms with Gasteiger partial charge in [-0.15, -0.1) is 0 Å². The van der Waals surface area contributed by atoms with Crippen molar-refractivity contribution in [3.63, 3.8) is 0 Å². The molecule has 1 fully saturated rings. The first-order chi connectivity index (χ1) is 8.70. The lowest BCUT2D eigenvalue weighted by atomic mass is 10.2. The normalized spacial score (nSPS) is 15.4. The quantitative estimate of drug-likeness (QED) is 0.844. The Morgan fingerprint density at radius 2 is 2.28 bits per heavy atom. The fourth-order valence-corrected chi connectivity index (χ4v) is 2.69. The maximum Gasteiger partial charge on any atom is 0.217 e. The van der Waals surface area contributed by atoms with Crippen molar-refractivity contribution < 1.29 is 9.53 Å². The summed E-state index contributed by atoms with van der Waals surface area (Å²) in [5, 5.41) is 9.88. The lowest BCUT2D eigenvalue weighted by Crippen LogP contribution is -2.36. The number of amides is 1. The van der Waals surface area contributed by atoms with Gasteiger partial charge in [0.2, 0.25) is 5.91 Å². The number of morpholine rings is 1. The molecule has 0 unspecified atom stereocenters. The van der Waals surface area contributed by atoms with Gasteiger partial charge in [0.05, 0.1) is 18.9 Å². The van der Waals surface area contributed by atoms with Crippen LogP contribution in [-0.2, 0) is 16.0 Å². The number of nitrogens with two attached hydrogens (primary N) is 1. The molecule has 7 heteroatoms. The minimum absolute atomic E-state index is 0.223. The van der Waals surface area contributed by atoms with Crippen LogP contribution in [0.15, 0.2) is 0 Å². The number of rotatable bonds is 4. The van der Waals surface area contributed by atoms with Crippen molar-refractivity contribution >= 4 is 22.4 Å². The number of nitrogens with zero attached hydrogens (tertiary/aromatic N) is 3. The zero-order valence-corrected chi connectivity index (χ0v) is 10.7. The molecule has 18 heavy (non-hydrogen) atoms. The van der Waals surface area contributed by atoms with Crippen LogP contribution in [0.5, 0.6) is 0 Å². The molecule has 0 atom stereocenters. The average Bonchev–Trinajstić information content (AvgIpc) is 2.80. The van der Waals surface area contributed by atoms with Crippen LogP contribution in [0.2, 0.25) is 0 Å². The summed E-state index contributed by atoms with van der Waals surface area (Å²) in [6.07, 6.45) is 0.653. The summed E-state index contributed by atoms with van der Waals surface area (Å²) in [5.74, 6) is -0.375. The number of aryl methyl sites for hydroxylation is 1. The van der Waals surface area contributed by atoms with Gasteiger partial charge in [-0.25, -0.2) is 4.98 Å². The molecule has 2 heterocycles. The van der Waals surface area contributed by atoms with Crippen molar-refractivity contribution in [2.24, 2.45) is 5.73 Å². The van der Waals surface area contributed by atoms with Gasteiger partial charge in [-0.1, -0.05) is 11.3 Å². The molecule has 1 aromatic rings. The average molecular weight is 266 g/mol. The van der Waals surface area contributed by atoms with Crippen LogP contribution in [0.3, 0.4) is 0 Å². The van der Waals surface area contributed by atoms with E-state index in [9.17, 15) is 4.79 Å². The zero-order chi connectivity index (χ0) is 13.0. The van der Waals surface area contributed by atoms with Crippen LogP contribution in [0, 0.1) is 11.3 Å². The number of carbonyl (C=O) groups is 1. The topological polar surface area (TPSA) is 92.2 Å². The standard InChI is InChI=1S/C11H14N4O2S/c12-7-9-8(1-2-10(13)16)14-11(18-9)15-3-5-17-6-4-15/h1-6H2,(H2,13,16). The first kappa shape index (κ1) is 12.8. The molecule has 0 saturated carbocycles. The summed E-state index contributed by atoms with van der Waals surface area (Å²) in [7, 11) is 0. The van der Waals surface area contributed by atoms with E-state index in [1.54, 1.807) is 0 Å². The van der Waals surface area contributed by atoms with Crippen LogP contribution in [-0.4, -0.2) is 37.2 Å². The van der Waals surface area contributed by atoms with Crippen molar-refractivity contribution in [2.45, 2.75) is 12.8 Å². The van der Waals surface area contributed by atoms with Crippen molar-refractivity contribution in [3.05, 3.63) is 10.6 Å². The third-order valence-electron chi connectivity index (χ3n) is 2.68. The Labute approximate surface area is 109 Å². The molecule has 0 aliphatic carbocycles. The highest BCUT2D eigenvalue weighted by atomic mass is 32.1. The van der Waals surface area contributed by atoms with Crippen molar-refractivity contribution in [1.29, 1.82) is 5.26 Å². The van der Waals surface area contributed by atoms with E-state index in [-0.39, 0.29) is 12.3 Å². The lowest BCUT2D eigenvalue weighted by Gasteiger charge is -2.25. The van der Waals surface area contributed by atoms with E-state index in [2.05, 4.69) is 16.0 Å². The molecule has 1 aromatic heterocycles. The molecule has 6 nitrogen and oxygen atoms in total. The number of hydrogen-bond acceptors (Lipinski definition) is 6. The smallest absolute Gasteiger partial charge is 0.217 e. The van der Waals surface area contributed by atoms with E-state index in [4.69, 9.17) is 15.7 Å². The Hall–Kier alpha value is -1.65. The Morgan fingerprint density at radius 1 is 1.56 bits per heavy atom. The molecular weight excluding hydrogens is 252 g/mol. The Kier molecular flexibility index (Phi) is 4.12. The van der Waals surface area contributed by atoms with E-state index in [1.807, 2.05) is 0 Å². The molecule has 96 valence electrons. The van der Waals surface area contributed by atoms with Gasteiger partial charge in [-0.3, -0.25) is 4.79 Å². The number of thiazole rings is 1. The maximum atomic E-state index is 10.8. The minimum atomic E-state index is -0.375. The predicted molar refractivity (Wildman–Crippen MR) is 67.4 cm³/mol. The predicted octanol–water partition coefficient (Wildman–Crippen LogP) is 0.269. The SMILES string of the molecule is N#Cc1sc(N2CCOCC2)nc1CCC(N)=O. The molecule has 1 saturated heterocycles. The van der Waals surface area contributed by atoms with Crippen LogP contribution in [0.1, 0.15) is 17.0 Å². The van der Waals surface area contributed by atoms with Crippen LogP contribution in [0.4, 0.5) is 5.13 Å². The molecule has 2 N–H and O–H groups in total. The largest absolute Gasteiger partial charge is 0.378 e. The molecule has 2 rings (SSSR count). The molecule has 0 radical (unpaired) electrons. The van der Waals surface area contributed by atoms with Crippen LogP contribution in [0.25, 0.3) is 0 Å². The highest BCUT2D eigenvalue weighted by Gasteiger charge is 2.18. The summed E-state index contributed by atoms with van der Waals surface area (Å²) >= 11 is 1.36. The second kappa shape index (κ2) is 5.80. The lowest BCUT2D eigenvalue weighted by molar-refractivity contribution is -0.118. The summed E-state index contributed by atoms with van der Waals surface area (Å²) < 4.78 is 5.27. The molecule has 0 bridgehead atoms. The molecule has 1 aliphatic heterocycles. The third kappa shape index (κ3) is 2.97. The first-order valence-corrected chi connectivity index (χ1v) is 6.53. The number of aromatic nitrogens is 1. The van der Waals surface area contributed by atoms with E-state index in [0.29, 0.717) is 30.2 Å². The van der Waals surface area contributed by atoms with Crippen molar-refractivity contribution in [1.82, 2.24) is 4.98 Å². The number of ether oxygens (including phenoxy) is 1. The number of anilines is 1. The zero-order valence-electron chi connectivity index (χ0n) is 9.89.